The Morgan fingerprint density at radius 3 is 2.13 bits per heavy atom. The summed E-state index contributed by atoms with van der Waals surface area (Å²) in [5.41, 5.74) is 3.29. The van der Waals surface area contributed by atoms with Gasteiger partial charge in [0.2, 0.25) is 0 Å². The number of esters is 1. The monoisotopic (exact) mass is 406 g/mol. The number of benzene rings is 2. The quantitative estimate of drug-likeness (QED) is 0.226. The summed E-state index contributed by atoms with van der Waals surface area (Å²) in [5, 5.41) is 0. The van der Waals surface area contributed by atoms with Gasteiger partial charge in [0.15, 0.2) is 0 Å². The zero-order chi connectivity index (χ0) is 21.2. The third-order valence-corrected chi connectivity index (χ3v) is 6.63. The maximum Gasteiger partial charge on any atom is 0.343 e. The minimum absolute atomic E-state index is 0.275. The Balaban J connectivity index is 1.48. The molecule has 162 valence electrons. The van der Waals surface area contributed by atoms with Crippen LogP contribution in [0.15, 0.2) is 48.5 Å². The number of unbranched alkanes of at least 4 members (excludes halogenated alkanes) is 3. The van der Waals surface area contributed by atoms with Crippen LogP contribution in [0.2, 0.25) is 0 Å². The lowest BCUT2D eigenvalue weighted by Gasteiger charge is -2.29. The number of carbonyl (C=O) groups excluding carboxylic acids is 1. The van der Waals surface area contributed by atoms with Gasteiger partial charge in [0, 0.05) is 0 Å². The van der Waals surface area contributed by atoms with Gasteiger partial charge in [0.25, 0.3) is 0 Å². The molecule has 2 heteroatoms. The van der Waals surface area contributed by atoms with E-state index in [1.165, 1.54) is 75.3 Å². The van der Waals surface area contributed by atoms with Crippen molar-refractivity contribution in [3.63, 3.8) is 0 Å². The first-order valence-corrected chi connectivity index (χ1v) is 12.1. The molecule has 0 unspecified atom stereocenters. The number of aryl methyl sites for hydroxylation is 1. The molecule has 3 rings (SSSR count). The Morgan fingerprint density at radius 2 is 1.50 bits per heavy atom. The van der Waals surface area contributed by atoms with Gasteiger partial charge in [-0.25, -0.2) is 4.79 Å². The predicted molar refractivity (Wildman–Crippen MR) is 125 cm³/mol. The maximum atomic E-state index is 12.5. The highest BCUT2D eigenvalue weighted by molar-refractivity contribution is 5.91. The molecule has 1 aliphatic rings. The van der Waals surface area contributed by atoms with E-state index in [-0.39, 0.29) is 5.97 Å². The van der Waals surface area contributed by atoms with E-state index in [2.05, 4.69) is 38.1 Å². The van der Waals surface area contributed by atoms with Crippen molar-refractivity contribution >= 4 is 5.97 Å². The molecular weight excluding hydrogens is 368 g/mol. The molecule has 30 heavy (non-hydrogen) atoms. The number of rotatable bonds is 10. The van der Waals surface area contributed by atoms with Crippen LogP contribution in [0.3, 0.4) is 0 Å². The molecule has 0 N–H and O–H groups in total. The van der Waals surface area contributed by atoms with E-state index < -0.39 is 0 Å². The van der Waals surface area contributed by atoms with Crippen LogP contribution in [0.5, 0.6) is 5.75 Å². The Bertz CT molecular complexity index is 752. The summed E-state index contributed by atoms with van der Waals surface area (Å²) in [6.07, 6.45) is 14.2. The van der Waals surface area contributed by atoms with Crippen LogP contribution in [0, 0.1) is 5.92 Å². The summed E-state index contributed by atoms with van der Waals surface area (Å²) in [5.74, 6) is 1.91. The van der Waals surface area contributed by atoms with Crippen molar-refractivity contribution in [1.82, 2.24) is 0 Å². The second kappa shape index (κ2) is 11.9. The van der Waals surface area contributed by atoms with Crippen LogP contribution in [0.25, 0.3) is 0 Å². The molecular formula is C28H38O2. The molecule has 0 saturated heterocycles. The summed E-state index contributed by atoms with van der Waals surface area (Å²) < 4.78 is 5.57. The van der Waals surface area contributed by atoms with Crippen molar-refractivity contribution in [2.75, 3.05) is 0 Å². The molecule has 2 aromatic rings. The maximum absolute atomic E-state index is 12.5. The molecule has 0 aromatic heterocycles. The van der Waals surface area contributed by atoms with E-state index in [1.54, 1.807) is 0 Å². The van der Waals surface area contributed by atoms with E-state index in [1.807, 2.05) is 24.3 Å². The van der Waals surface area contributed by atoms with Crippen molar-refractivity contribution in [1.29, 1.82) is 0 Å². The van der Waals surface area contributed by atoms with Gasteiger partial charge in [-0.15, -0.1) is 0 Å². The average Bonchev–Trinajstić information content (AvgIpc) is 2.79. The van der Waals surface area contributed by atoms with Gasteiger partial charge >= 0.3 is 5.97 Å². The average molecular weight is 407 g/mol. The highest BCUT2D eigenvalue weighted by Gasteiger charge is 2.22. The van der Waals surface area contributed by atoms with Crippen LogP contribution < -0.4 is 4.74 Å². The Kier molecular flexibility index (Phi) is 8.99. The largest absolute Gasteiger partial charge is 0.423 e. The molecule has 2 aromatic carbocycles. The second-order valence-corrected chi connectivity index (χ2v) is 8.97. The molecule has 0 radical (unpaired) electrons. The van der Waals surface area contributed by atoms with Gasteiger partial charge in [-0.1, -0.05) is 70.2 Å². The predicted octanol–water partition coefficient (Wildman–Crippen LogP) is 8.10. The van der Waals surface area contributed by atoms with Crippen LogP contribution in [0.1, 0.15) is 105 Å². The smallest absolute Gasteiger partial charge is 0.343 e. The summed E-state index contributed by atoms with van der Waals surface area (Å²) in [6, 6.07) is 16.0. The van der Waals surface area contributed by atoms with Crippen molar-refractivity contribution in [2.45, 2.75) is 90.4 Å². The molecule has 1 saturated carbocycles. The van der Waals surface area contributed by atoms with E-state index in [0.717, 1.165) is 12.3 Å². The van der Waals surface area contributed by atoms with Crippen molar-refractivity contribution in [3.8, 4) is 5.75 Å². The second-order valence-electron chi connectivity index (χ2n) is 8.97. The van der Waals surface area contributed by atoms with Crippen LogP contribution in [0.4, 0.5) is 0 Å². The fraction of sp³-hybridized carbons (Fsp3) is 0.536. The topological polar surface area (TPSA) is 26.3 Å². The number of hydrogen-bond donors (Lipinski definition) is 0. The molecule has 0 heterocycles. The molecule has 0 spiro atoms. The van der Waals surface area contributed by atoms with E-state index in [9.17, 15) is 4.79 Å². The van der Waals surface area contributed by atoms with Crippen molar-refractivity contribution in [2.24, 2.45) is 5.92 Å². The van der Waals surface area contributed by atoms with Gasteiger partial charge in [0.1, 0.15) is 5.75 Å². The number of hydrogen-bond acceptors (Lipinski definition) is 2. The van der Waals surface area contributed by atoms with E-state index in [0.29, 0.717) is 17.2 Å². The summed E-state index contributed by atoms with van der Waals surface area (Å²) in [7, 11) is 0. The lowest BCUT2D eigenvalue weighted by atomic mass is 9.77. The lowest BCUT2D eigenvalue weighted by Crippen LogP contribution is -2.14. The molecule has 0 aliphatic heterocycles. The Hall–Kier alpha value is -2.09. The molecule has 1 aliphatic carbocycles. The highest BCUT2D eigenvalue weighted by Crippen LogP contribution is 2.37. The fourth-order valence-corrected chi connectivity index (χ4v) is 4.63. The first-order chi connectivity index (χ1) is 14.7. The van der Waals surface area contributed by atoms with Gasteiger partial charge in [0.05, 0.1) is 5.56 Å². The fourth-order valence-electron chi connectivity index (χ4n) is 4.63. The number of ether oxygens (including phenoxy) is 1. The SMILES string of the molecule is CCCCCC1CCC(c2ccc(C(=O)Oc3ccc(CCCC)cc3)cc2)CC1. The van der Waals surface area contributed by atoms with Crippen molar-refractivity contribution in [3.05, 3.63) is 65.2 Å². The van der Waals surface area contributed by atoms with Crippen molar-refractivity contribution < 1.29 is 9.53 Å². The standard InChI is InChI=1S/C28H38O2/c1-3-5-7-9-23-10-14-24(15-11-23)25-16-18-26(19-17-25)28(29)30-27-20-12-22(13-21-27)8-6-4-2/h12-13,16-21,23-24H,3-11,14-15H2,1-2H3. The third-order valence-electron chi connectivity index (χ3n) is 6.63. The van der Waals surface area contributed by atoms with Gasteiger partial charge < -0.3 is 4.74 Å². The summed E-state index contributed by atoms with van der Waals surface area (Å²) in [4.78, 5) is 12.5. The first-order valence-electron chi connectivity index (χ1n) is 12.1. The highest BCUT2D eigenvalue weighted by atomic mass is 16.5. The van der Waals surface area contributed by atoms with Gasteiger partial charge in [-0.3, -0.25) is 0 Å². The van der Waals surface area contributed by atoms with Crippen LogP contribution >= 0.6 is 0 Å². The zero-order valence-corrected chi connectivity index (χ0v) is 18.9. The van der Waals surface area contributed by atoms with Crippen LogP contribution in [-0.2, 0) is 6.42 Å². The Labute approximate surface area is 183 Å². The molecule has 0 atom stereocenters. The Morgan fingerprint density at radius 1 is 0.833 bits per heavy atom. The summed E-state index contributed by atoms with van der Waals surface area (Å²) in [6.45, 7) is 4.47. The normalized spacial score (nSPS) is 18.9. The van der Waals surface area contributed by atoms with Crippen LogP contribution in [-0.4, -0.2) is 5.97 Å². The number of carbonyl (C=O) groups is 1. The first kappa shape index (κ1) is 22.6. The minimum atomic E-state index is -0.275. The van der Waals surface area contributed by atoms with E-state index in [4.69, 9.17) is 4.74 Å². The summed E-state index contributed by atoms with van der Waals surface area (Å²) >= 11 is 0. The molecule has 0 amide bonds. The zero-order valence-electron chi connectivity index (χ0n) is 18.9. The molecule has 1 fully saturated rings. The third kappa shape index (κ3) is 6.72. The minimum Gasteiger partial charge on any atom is -0.423 e. The van der Waals surface area contributed by atoms with E-state index >= 15 is 0 Å². The van der Waals surface area contributed by atoms with Gasteiger partial charge in [-0.2, -0.15) is 0 Å². The molecule has 0 bridgehead atoms. The lowest BCUT2D eigenvalue weighted by molar-refractivity contribution is 0.0734. The van der Waals surface area contributed by atoms with Gasteiger partial charge in [-0.05, 0) is 85.8 Å². The molecule has 2 nitrogen and oxygen atoms in total.